The van der Waals surface area contributed by atoms with E-state index in [0.29, 0.717) is 12.2 Å². The second kappa shape index (κ2) is 5.97. The summed E-state index contributed by atoms with van der Waals surface area (Å²) in [5, 5.41) is 11.5. The molecule has 2 atom stereocenters. The summed E-state index contributed by atoms with van der Waals surface area (Å²) in [6.07, 6.45) is 2.67. The van der Waals surface area contributed by atoms with Gasteiger partial charge in [0.1, 0.15) is 11.4 Å². The van der Waals surface area contributed by atoms with Crippen LogP contribution in [0.4, 0.5) is 0 Å². The largest absolute Gasteiger partial charge is 0.489 e. The zero-order valence-corrected chi connectivity index (χ0v) is 12.3. The van der Waals surface area contributed by atoms with Crippen LogP contribution in [0.1, 0.15) is 39.5 Å². The van der Waals surface area contributed by atoms with Crippen LogP contribution in [-0.2, 0) is 19.1 Å². The number of ether oxygens (including phenoxy) is 1. The molecule has 6 nitrogen and oxygen atoms in total. The smallest absolute Gasteiger partial charge is 0.226 e. The summed E-state index contributed by atoms with van der Waals surface area (Å²) < 4.78 is 5.66. The minimum absolute atomic E-state index is 0.0717. The predicted octanol–water partition coefficient (Wildman–Crippen LogP) is 0.690. The number of aliphatic hydroxyl groups is 1. The zero-order chi connectivity index (χ0) is 15.6. The van der Waals surface area contributed by atoms with Crippen molar-refractivity contribution in [2.24, 2.45) is 11.8 Å². The molecular formula is C15H21NO5. The molecule has 0 aliphatic carbocycles. The molecule has 0 bridgehead atoms. The first-order valence-corrected chi connectivity index (χ1v) is 7.18. The van der Waals surface area contributed by atoms with E-state index < -0.39 is 5.60 Å². The fraction of sp³-hybridized carbons (Fsp3) is 0.667. The maximum Gasteiger partial charge on any atom is 0.226 e. The van der Waals surface area contributed by atoms with Crippen LogP contribution in [-0.4, -0.2) is 34.9 Å². The van der Waals surface area contributed by atoms with E-state index in [2.05, 4.69) is 5.32 Å². The number of hydrogen-bond donors (Lipinski definition) is 2. The van der Waals surface area contributed by atoms with Gasteiger partial charge in [-0.25, -0.2) is 0 Å². The molecule has 6 heteroatoms. The lowest BCUT2D eigenvalue weighted by molar-refractivity contribution is -0.135. The van der Waals surface area contributed by atoms with E-state index in [1.165, 1.54) is 6.08 Å². The molecule has 0 unspecified atom stereocenters. The van der Waals surface area contributed by atoms with Gasteiger partial charge in [0.05, 0.1) is 6.61 Å². The maximum absolute atomic E-state index is 12.1. The van der Waals surface area contributed by atoms with E-state index in [1.807, 2.05) is 6.92 Å². The van der Waals surface area contributed by atoms with Crippen LogP contribution in [0.15, 0.2) is 11.8 Å². The van der Waals surface area contributed by atoms with Gasteiger partial charge in [0.2, 0.25) is 11.8 Å². The molecule has 2 saturated heterocycles. The number of nitrogens with one attached hydrogen (secondary N) is 1. The fourth-order valence-corrected chi connectivity index (χ4v) is 2.94. The van der Waals surface area contributed by atoms with Gasteiger partial charge in [-0.1, -0.05) is 6.92 Å². The standard InChI is InChI=1S/C15H21NO5/c1-9-7-15(2,8-17)21-12(9)6-11(18)3-10-4-13(19)16-14(20)5-10/h6,9-10,17H,3-5,7-8H2,1-2H3,(H,16,19,20)/b12-6-/t9-,15+/m1/s1. The second-order valence-corrected chi connectivity index (χ2v) is 6.28. The molecule has 0 aromatic heterocycles. The summed E-state index contributed by atoms with van der Waals surface area (Å²) in [5.41, 5.74) is -0.633. The zero-order valence-electron chi connectivity index (χ0n) is 12.3. The van der Waals surface area contributed by atoms with Crippen molar-refractivity contribution in [3.63, 3.8) is 0 Å². The number of hydrogen-bond acceptors (Lipinski definition) is 5. The summed E-state index contributed by atoms with van der Waals surface area (Å²) in [6.45, 7) is 3.65. The molecule has 2 N–H and O–H groups in total. The maximum atomic E-state index is 12.1. The Balaban J connectivity index is 1.96. The SMILES string of the molecule is C[C@@H]1C[C@@](C)(CO)O/C1=C\C(=O)CC1CC(=O)NC(=O)C1. The lowest BCUT2D eigenvalue weighted by Gasteiger charge is -2.21. The Bertz CT molecular complexity index is 482. The van der Waals surface area contributed by atoms with E-state index in [0.717, 1.165) is 0 Å². The summed E-state index contributed by atoms with van der Waals surface area (Å²) in [5.74, 6) is -0.390. The van der Waals surface area contributed by atoms with Gasteiger partial charge in [0.25, 0.3) is 0 Å². The number of imide groups is 1. The molecule has 2 aliphatic rings. The Morgan fingerprint density at radius 1 is 1.43 bits per heavy atom. The van der Waals surface area contributed by atoms with Crippen LogP contribution in [0, 0.1) is 11.8 Å². The van der Waals surface area contributed by atoms with Gasteiger partial charge >= 0.3 is 0 Å². The number of piperidine rings is 1. The van der Waals surface area contributed by atoms with Gasteiger partial charge in [-0.2, -0.15) is 0 Å². The fourth-order valence-electron chi connectivity index (χ4n) is 2.94. The van der Waals surface area contributed by atoms with Crippen molar-refractivity contribution >= 4 is 17.6 Å². The summed E-state index contributed by atoms with van der Waals surface area (Å²) in [4.78, 5) is 34.6. The summed E-state index contributed by atoms with van der Waals surface area (Å²) in [6, 6.07) is 0. The Labute approximate surface area is 123 Å². The number of amides is 2. The summed E-state index contributed by atoms with van der Waals surface area (Å²) in [7, 11) is 0. The molecule has 2 fully saturated rings. The number of ketones is 1. The topological polar surface area (TPSA) is 92.7 Å². The second-order valence-electron chi connectivity index (χ2n) is 6.28. The third kappa shape index (κ3) is 3.91. The molecule has 116 valence electrons. The van der Waals surface area contributed by atoms with Crippen LogP contribution < -0.4 is 5.32 Å². The average molecular weight is 295 g/mol. The van der Waals surface area contributed by atoms with Crippen molar-refractivity contribution in [2.75, 3.05) is 6.61 Å². The molecule has 0 aromatic carbocycles. The average Bonchev–Trinajstić information content (AvgIpc) is 2.63. The van der Waals surface area contributed by atoms with Gasteiger partial charge in [-0.3, -0.25) is 19.7 Å². The third-order valence-corrected chi connectivity index (χ3v) is 3.94. The lowest BCUT2D eigenvalue weighted by Crippen LogP contribution is -2.39. The van der Waals surface area contributed by atoms with Gasteiger partial charge in [0.15, 0.2) is 5.78 Å². The van der Waals surface area contributed by atoms with Crippen molar-refractivity contribution in [2.45, 2.75) is 45.1 Å². The molecule has 0 spiro atoms. The Morgan fingerprint density at radius 3 is 2.57 bits per heavy atom. The minimum Gasteiger partial charge on any atom is -0.489 e. The Kier molecular flexibility index (Phi) is 4.46. The summed E-state index contributed by atoms with van der Waals surface area (Å²) >= 11 is 0. The highest BCUT2D eigenvalue weighted by Gasteiger charge is 2.38. The molecule has 2 heterocycles. The van der Waals surface area contributed by atoms with Crippen molar-refractivity contribution < 1.29 is 24.2 Å². The van der Waals surface area contributed by atoms with E-state index in [1.54, 1.807) is 6.92 Å². The van der Waals surface area contributed by atoms with Gasteiger partial charge in [0, 0.05) is 31.3 Å². The Hall–Kier alpha value is -1.69. The lowest BCUT2D eigenvalue weighted by atomic mass is 9.91. The van der Waals surface area contributed by atoms with Crippen LogP contribution in [0.2, 0.25) is 0 Å². The first kappa shape index (κ1) is 15.7. The highest BCUT2D eigenvalue weighted by Crippen LogP contribution is 2.37. The monoisotopic (exact) mass is 295 g/mol. The first-order chi connectivity index (χ1) is 9.81. The van der Waals surface area contributed by atoms with Crippen LogP contribution in [0.25, 0.3) is 0 Å². The third-order valence-electron chi connectivity index (χ3n) is 3.94. The molecule has 2 aliphatic heterocycles. The quantitative estimate of drug-likeness (QED) is 0.588. The van der Waals surface area contributed by atoms with Crippen molar-refractivity contribution in [3.05, 3.63) is 11.8 Å². The van der Waals surface area contributed by atoms with E-state index in [-0.39, 0.29) is 55.3 Å². The Morgan fingerprint density at radius 2 is 2.05 bits per heavy atom. The highest BCUT2D eigenvalue weighted by atomic mass is 16.5. The number of rotatable bonds is 4. The molecule has 0 saturated carbocycles. The normalized spacial score (nSPS) is 32.1. The molecule has 21 heavy (non-hydrogen) atoms. The molecule has 0 aromatic rings. The number of aliphatic hydroxyl groups excluding tert-OH is 1. The van der Waals surface area contributed by atoms with Crippen LogP contribution >= 0.6 is 0 Å². The van der Waals surface area contributed by atoms with Gasteiger partial charge in [-0.05, 0) is 19.3 Å². The van der Waals surface area contributed by atoms with Crippen molar-refractivity contribution in [1.82, 2.24) is 5.32 Å². The highest BCUT2D eigenvalue weighted by molar-refractivity contribution is 5.99. The van der Waals surface area contributed by atoms with Crippen molar-refractivity contribution in [3.8, 4) is 0 Å². The van der Waals surface area contributed by atoms with E-state index in [9.17, 15) is 19.5 Å². The minimum atomic E-state index is -0.633. The van der Waals surface area contributed by atoms with E-state index >= 15 is 0 Å². The van der Waals surface area contributed by atoms with Crippen molar-refractivity contribution in [1.29, 1.82) is 0 Å². The molecular weight excluding hydrogens is 274 g/mol. The number of carbonyl (C=O) groups excluding carboxylic acids is 3. The molecule has 2 amide bonds. The van der Waals surface area contributed by atoms with Crippen LogP contribution in [0.3, 0.4) is 0 Å². The van der Waals surface area contributed by atoms with Gasteiger partial charge < -0.3 is 9.84 Å². The number of carbonyl (C=O) groups is 3. The predicted molar refractivity (Wildman–Crippen MR) is 73.9 cm³/mol. The number of allylic oxidation sites excluding steroid dienone is 2. The van der Waals surface area contributed by atoms with Gasteiger partial charge in [-0.15, -0.1) is 0 Å². The molecule has 2 rings (SSSR count). The molecule has 0 radical (unpaired) electrons. The first-order valence-electron chi connectivity index (χ1n) is 7.18. The van der Waals surface area contributed by atoms with E-state index in [4.69, 9.17) is 4.74 Å². The van der Waals surface area contributed by atoms with Crippen LogP contribution in [0.5, 0.6) is 0 Å².